The number of aromatic nitrogens is 4. The second kappa shape index (κ2) is 12.1. The number of nitrogen functional groups attached to an aromatic ring is 1. The molecule has 14 heteroatoms. The number of amides is 1. The lowest BCUT2D eigenvalue weighted by atomic mass is 10.1. The van der Waals surface area contributed by atoms with Crippen molar-refractivity contribution >= 4 is 34.8 Å². The number of rotatable bonds is 12. The minimum Gasteiger partial charge on any atom is -0.481 e. The van der Waals surface area contributed by atoms with Crippen molar-refractivity contribution in [3.05, 3.63) is 41.7 Å². The van der Waals surface area contributed by atoms with Crippen molar-refractivity contribution in [2.45, 2.75) is 57.1 Å². The van der Waals surface area contributed by atoms with E-state index in [1.54, 1.807) is 6.92 Å². The van der Waals surface area contributed by atoms with E-state index in [9.17, 15) is 19.8 Å². The van der Waals surface area contributed by atoms with Gasteiger partial charge in [0.25, 0.3) is 0 Å². The van der Waals surface area contributed by atoms with E-state index >= 15 is 0 Å². The van der Waals surface area contributed by atoms with Crippen LogP contribution >= 0.6 is 0 Å². The number of nitrogens with two attached hydrogens (primary N) is 1. The van der Waals surface area contributed by atoms with E-state index in [-0.39, 0.29) is 37.1 Å². The Labute approximate surface area is 217 Å². The second-order valence-electron chi connectivity index (χ2n) is 8.88. The monoisotopic (exact) mass is 529 g/mol. The van der Waals surface area contributed by atoms with E-state index in [2.05, 4.69) is 25.7 Å². The summed E-state index contributed by atoms with van der Waals surface area (Å²) in [5.41, 5.74) is 11.0. The molecule has 0 bridgehead atoms. The molecule has 1 amide bonds. The zero-order chi connectivity index (χ0) is 27.2. The SMILES string of the molecule is CCC(=O)NOC[C@H]1O[C@@H](n2cnc3c(N)nc(NCCc4ccc(CCC(=O)O)cc4)nc32)C(O)C1O. The fourth-order valence-electron chi connectivity index (χ4n) is 4.02. The summed E-state index contributed by atoms with van der Waals surface area (Å²) in [6, 6.07) is 7.72. The highest BCUT2D eigenvalue weighted by molar-refractivity contribution is 5.83. The molecular formula is C24H31N7O7. The van der Waals surface area contributed by atoms with Gasteiger partial charge >= 0.3 is 5.97 Å². The molecule has 0 spiro atoms. The number of aliphatic hydroxyl groups excluding tert-OH is 2. The molecule has 3 heterocycles. The number of anilines is 2. The number of carbonyl (C=O) groups is 2. The van der Waals surface area contributed by atoms with E-state index in [1.165, 1.54) is 10.9 Å². The number of fused-ring (bicyclic) bond motifs is 1. The van der Waals surface area contributed by atoms with Crippen LogP contribution in [0.15, 0.2) is 30.6 Å². The average Bonchev–Trinajstić information content (AvgIpc) is 3.44. The van der Waals surface area contributed by atoms with Crippen molar-refractivity contribution < 1.29 is 34.5 Å². The Bertz CT molecular complexity index is 1270. The zero-order valence-electron chi connectivity index (χ0n) is 20.8. The number of hydrogen-bond acceptors (Lipinski definition) is 11. The fraction of sp³-hybridized carbons (Fsp3) is 0.458. The molecular weight excluding hydrogens is 498 g/mol. The molecule has 14 nitrogen and oxygen atoms in total. The van der Waals surface area contributed by atoms with Gasteiger partial charge in [-0.15, -0.1) is 0 Å². The predicted molar refractivity (Wildman–Crippen MR) is 135 cm³/mol. The highest BCUT2D eigenvalue weighted by Gasteiger charge is 2.44. The van der Waals surface area contributed by atoms with E-state index in [1.807, 2.05) is 24.3 Å². The number of carboxylic acid groups (broad SMARTS) is 1. The van der Waals surface area contributed by atoms with Gasteiger partial charge in [0.05, 0.1) is 6.33 Å². The standard InChI is InChI=1S/C24H31N7O7/c1-2-16(32)30-37-11-15-19(35)20(36)23(38-15)31-12-27-18-21(25)28-24(29-22(18)31)26-10-9-14-5-3-13(4-6-14)7-8-17(33)34/h3-6,12,15,19-20,23,35-36H,2,7-11H2,1H3,(H,30,32)(H,33,34)(H3,25,26,28,29)/t15-,19?,20?,23-/m1/s1. The van der Waals surface area contributed by atoms with Crippen molar-refractivity contribution in [1.82, 2.24) is 25.0 Å². The lowest BCUT2D eigenvalue weighted by molar-refractivity contribution is -0.139. The van der Waals surface area contributed by atoms with E-state index in [4.69, 9.17) is 20.4 Å². The van der Waals surface area contributed by atoms with Gasteiger partial charge in [0.15, 0.2) is 17.7 Å². The molecule has 7 N–H and O–H groups in total. The molecule has 0 aliphatic carbocycles. The smallest absolute Gasteiger partial charge is 0.303 e. The van der Waals surface area contributed by atoms with Crippen LogP contribution in [0, 0.1) is 0 Å². The van der Waals surface area contributed by atoms with Crippen molar-refractivity contribution in [3.8, 4) is 0 Å². The van der Waals surface area contributed by atoms with Crippen LogP contribution in [0.25, 0.3) is 11.2 Å². The van der Waals surface area contributed by atoms with Crippen molar-refractivity contribution in [3.63, 3.8) is 0 Å². The van der Waals surface area contributed by atoms with Gasteiger partial charge in [0.1, 0.15) is 30.4 Å². The topological polar surface area (TPSA) is 207 Å². The third kappa shape index (κ3) is 6.34. The molecule has 2 aromatic heterocycles. The van der Waals surface area contributed by atoms with Gasteiger partial charge < -0.3 is 31.1 Å². The normalized spacial score (nSPS) is 21.0. The van der Waals surface area contributed by atoms with Crippen LogP contribution in [0.4, 0.5) is 11.8 Å². The van der Waals surface area contributed by atoms with E-state index < -0.39 is 30.5 Å². The summed E-state index contributed by atoms with van der Waals surface area (Å²) in [7, 11) is 0. The molecule has 204 valence electrons. The Balaban J connectivity index is 1.40. The molecule has 4 atom stereocenters. The number of imidazole rings is 1. The molecule has 3 aromatic rings. The summed E-state index contributed by atoms with van der Waals surface area (Å²) < 4.78 is 7.27. The molecule has 1 aliphatic rings. The van der Waals surface area contributed by atoms with Gasteiger partial charge in [0, 0.05) is 19.4 Å². The van der Waals surface area contributed by atoms with Crippen LogP contribution in [0.3, 0.4) is 0 Å². The number of nitrogens with zero attached hydrogens (tertiary/aromatic N) is 4. The van der Waals surface area contributed by atoms with Crippen LogP contribution < -0.4 is 16.5 Å². The maximum Gasteiger partial charge on any atom is 0.303 e. The number of hydrogen-bond donors (Lipinski definition) is 6. The minimum absolute atomic E-state index is 0.0895. The van der Waals surface area contributed by atoms with Crippen molar-refractivity contribution in [2.24, 2.45) is 0 Å². The third-order valence-electron chi connectivity index (χ3n) is 6.16. The number of ether oxygens (including phenoxy) is 1. The Morgan fingerprint density at radius 3 is 2.53 bits per heavy atom. The van der Waals surface area contributed by atoms with Gasteiger partial charge in [0.2, 0.25) is 11.9 Å². The van der Waals surface area contributed by atoms with E-state index in [0.717, 1.165) is 11.1 Å². The first-order valence-electron chi connectivity index (χ1n) is 12.2. The second-order valence-corrected chi connectivity index (χ2v) is 8.88. The Hall–Kier alpha value is -3.85. The number of aryl methyl sites for hydroxylation is 1. The third-order valence-corrected chi connectivity index (χ3v) is 6.16. The highest BCUT2D eigenvalue weighted by Crippen LogP contribution is 2.32. The fourth-order valence-corrected chi connectivity index (χ4v) is 4.02. The maximum atomic E-state index is 11.4. The van der Waals surface area contributed by atoms with Gasteiger partial charge in [-0.3, -0.25) is 19.0 Å². The van der Waals surface area contributed by atoms with Crippen molar-refractivity contribution in [1.29, 1.82) is 0 Å². The molecule has 0 saturated carbocycles. The van der Waals surface area contributed by atoms with Crippen LogP contribution in [0.5, 0.6) is 0 Å². The summed E-state index contributed by atoms with van der Waals surface area (Å²) in [4.78, 5) is 40.2. The number of nitrogens with one attached hydrogen (secondary N) is 2. The lowest BCUT2D eigenvalue weighted by Crippen LogP contribution is -2.36. The van der Waals surface area contributed by atoms with E-state index in [0.29, 0.717) is 30.6 Å². The molecule has 1 saturated heterocycles. The number of carbonyl (C=O) groups excluding carboxylic acids is 1. The molecule has 4 rings (SSSR count). The number of aliphatic hydroxyl groups is 2. The summed E-state index contributed by atoms with van der Waals surface area (Å²) in [5, 5.41) is 33.0. The average molecular weight is 530 g/mol. The Morgan fingerprint density at radius 2 is 1.84 bits per heavy atom. The number of aliphatic carboxylic acids is 1. The predicted octanol–water partition coefficient (Wildman–Crippen LogP) is 0.157. The van der Waals surface area contributed by atoms with Gasteiger partial charge in [-0.2, -0.15) is 9.97 Å². The minimum atomic E-state index is -1.31. The lowest BCUT2D eigenvalue weighted by Gasteiger charge is -2.17. The van der Waals surface area contributed by atoms with Gasteiger partial charge in [-0.05, 0) is 24.0 Å². The number of benzene rings is 1. The van der Waals surface area contributed by atoms with Gasteiger partial charge in [-0.1, -0.05) is 31.2 Å². The first-order valence-corrected chi connectivity index (χ1v) is 12.2. The summed E-state index contributed by atoms with van der Waals surface area (Å²) in [5.74, 6) is -0.762. The Kier molecular flexibility index (Phi) is 8.68. The van der Waals surface area contributed by atoms with Crippen molar-refractivity contribution in [2.75, 3.05) is 24.2 Å². The first kappa shape index (κ1) is 27.2. The molecule has 38 heavy (non-hydrogen) atoms. The first-order chi connectivity index (χ1) is 18.3. The number of hydroxylamine groups is 1. The van der Waals surface area contributed by atoms with Crippen LogP contribution in [-0.2, 0) is 32.0 Å². The quantitative estimate of drug-likeness (QED) is 0.173. The number of carboxylic acids is 1. The molecule has 1 fully saturated rings. The summed E-state index contributed by atoms with van der Waals surface area (Å²) in [6.45, 7) is 2.00. The van der Waals surface area contributed by atoms with Gasteiger partial charge in [-0.25, -0.2) is 10.5 Å². The molecule has 2 unspecified atom stereocenters. The molecule has 1 aromatic carbocycles. The molecule has 0 radical (unpaired) electrons. The largest absolute Gasteiger partial charge is 0.481 e. The summed E-state index contributed by atoms with van der Waals surface area (Å²) >= 11 is 0. The zero-order valence-corrected chi connectivity index (χ0v) is 20.8. The maximum absolute atomic E-state index is 11.4. The highest BCUT2D eigenvalue weighted by atomic mass is 16.7. The van der Waals surface area contributed by atoms with Crippen LogP contribution in [0.1, 0.15) is 37.1 Å². The summed E-state index contributed by atoms with van der Waals surface area (Å²) in [6.07, 6.45) is -1.65. The Morgan fingerprint density at radius 1 is 1.13 bits per heavy atom. The van der Waals surface area contributed by atoms with Crippen LogP contribution in [0.2, 0.25) is 0 Å². The molecule has 1 aliphatic heterocycles. The van der Waals surface area contributed by atoms with Crippen LogP contribution in [-0.4, -0.2) is 78.2 Å².